The minimum absolute atomic E-state index is 0.155. The molecule has 0 N–H and O–H groups in total. The van der Waals surface area contributed by atoms with E-state index < -0.39 is 9.84 Å². The van der Waals surface area contributed by atoms with Crippen molar-refractivity contribution in [3.05, 3.63) is 71.0 Å². The Balaban J connectivity index is 1.78. The molecular formula is C22H20N4O6S. The van der Waals surface area contributed by atoms with Crippen molar-refractivity contribution in [3.8, 4) is 34.3 Å². The molecule has 10 nitrogen and oxygen atoms in total. The molecule has 0 aliphatic heterocycles. The van der Waals surface area contributed by atoms with E-state index in [0.717, 1.165) is 11.8 Å². The van der Waals surface area contributed by atoms with E-state index in [2.05, 4.69) is 15.0 Å². The van der Waals surface area contributed by atoms with E-state index in [-0.39, 0.29) is 28.8 Å². The molecule has 0 atom stereocenters. The second-order valence-corrected chi connectivity index (χ2v) is 9.01. The molecule has 170 valence electrons. The van der Waals surface area contributed by atoms with Gasteiger partial charge in [0.25, 0.3) is 5.56 Å². The number of sulfone groups is 1. The van der Waals surface area contributed by atoms with Gasteiger partial charge in [-0.1, -0.05) is 6.07 Å². The summed E-state index contributed by atoms with van der Waals surface area (Å²) in [5, 5.41) is -0.370. The Labute approximate surface area is 189 Å². The van der Waals surface area contributed by atoms with Gasteiger partial charge in [0, 0.05) is 24.1 Å². The third-order valence-corrected chi connectivity index (χ3v) is 5.61. The zero-order valence-electron chi connectivity index (χ0n) is 18.0. The van der Waals surface area contributed by atoms with E-state index in [4.69, 9.17) is 13.9 Å². The normalized spacial score (nSPS) is 11.4. The van der Waals surface area contributed by atoms with Gasteiger partial charge in [-0.3, -0.25) is 4.79 Å². The minimum atomic E-state index is -3.71. The van der Waals surface area contributed by atoms with Crippen LogP contribution in [0.15, 0.2) is 69.4 Å². The molecule has 1 aromatic carbocycles. The van der Waals surface area contributed by atoms with E-state index in [1.165, 1.54) is 30.2 Å². The molecule has 4 aromatic rings. The number of pyridine rings is 1. The van der Waals surface area contributed by atoms with Crippen LogP contribution in [0.4, 0.5) is 0 Å². The Morgan fingerprint density at radius 3 is 2.42 bits per heavy atom. The zero-order chi connectivity index (χ0) is 23.6. The van der Waals surface area contributed by atoms with Crippen molar-refractivity contribution in [1.82, 2.24) is 19.5 Å². The first-order valence-corrected chi connectivity index (χ1v) is 11.6. The number of ether oxygens (including phenoxy) is 2. The predicted molar refractivity (Wildman–Crippen MR) is 119 cm³/mol. The molecule has 0 saturated carbocycles. The SMILES string of the molecule is COc1ccc(Cn2cc(-c3cc(-c4ncco4)nc(S(C)(=O)=O)n3)ccc2=O)cc1OC. The summed E-state index contributed by atoms with van der Waals surface area (Å²) in [7, 11) is -0.632. The first-order valence-electron chi connectivity index (χ1n) is 9.69. The van der Waals surface area contributed by atoms with Crippen molar-refractivity contribution in [2.45, 2.75) is 11.7 Å². The van der Waals surface area contributed by atoms with Crippen LogP contribution in [-0.2, 0) is 16.4 Å². The van der Waals surface area contributed by atoms with Crippen LogP contribution in [0.3, 0.4) is 0 Å². The third-order valence-electron chi connectivity index (χ3n) is 4.77. The van der Waals surface area contributed by atoms with Crippen molar-refractivity contribution in [3.63, 3.8) is 0 Å². The number of benzene rings is 1. The molecule has 0 aliphatic rings. The lowest BCUT2D eigenvalue weighted by Gasteiger charge is -2.12. The molecule has 3 heterocycles. The van der Waals surface area contributed by atoms with E-state index >= 15 is 0 Å². The van der Waals surface area contributed by atoms with Crippen LogP contribution in [-0.4, -0.2) is 48.4 Å². The Morgan fingerprint density at radius 2 is 1.76 bits per heavy atom. The van der Waals surface area contributed by atoms with Gasteiger partial charge in [-0.25, -0.2) is 23.4 Å². The van der Waals surface area contributed by atoms with Crippen molar-refractivity contribution >= 4 is 9.84 Å². The maximum Gasteiger partial charge on any atom is 0.250 e. The quantitative estimate of drug-likeness (QED) is 0.376. The first kappa shape index (κ1) is 22.2. The van der Waals surface area contributed by atoms with Crippen molar-refractivity contribution in [2.24, 2.45) is 0 Å². The fourth-order valence-corrected chi connectivity index (χ4v) is 3.71. The third kappa shape index (κ3) is 4.77. The zero-order valence-corrected chi connectivity index (χ0v) is 18.9. The summed E-state index contributed by atoms with van der Waals surface area (Å²) >= 11 is 0. The van der Waals surface area contributed by atoms with Gasteiger partial charge in [-0.15, -0.1) is 0 Å². The standard InChI is InChI=1S/C22H20N4O6S/c1-30-18-6-4-14(10-19(18)31-2)12-26-13-15(5-7-20(26)27)16-11-17(21-23-8-9-32-21)25-22(24-16)33(3,28)29/h4-11,13H,12H2,1-3H3. The van der Waals surface area contributed by atoms with Crippen LogP contribution >= 0.6 is 0 Å². The Bertz CT molecular complexity index is 1460. The van der Waals surface area contributed by atoms with Gasteiger partial charge in [0.05, 0.1) is 32.7 Å². The lowest BCUT2D eigenvalue weighted by Crippen LogP contribution is -2.19. The van der Waals surface area contributed by atoms with E-state index in [0.29, 0.717) is 22.8 Å². The van der Waals surface area contributed by atoms with Crippen LogP contribution in [0.25, 0.3) is 22.8 Å². The first-order chi connectivity index (χ1) is 15.8. The van der Waals surface area contributed by atoms with Crippen molar-refractivity contribution in [1.29, 1.82) is 0 Å². The summed E-state index contributed by atoms with van der Waals surface area (Å²) in [4.78, 5) is 24.8. The Hall–Kier alpha value is -3.99. The fraction of sp³-hybridized carbons (Fsp3) is 0.182. The number of rotatable bonds is 7. The van der Waals surface area contributed by atoms with Gasteiger partial charge in [-0.05, 0) is 29.8 Å². The summed E-state index contributed by atoms with van der Waals surface area (Å²) in [5.74, 6) is 1.28. The molecule has 0 spiro atoms. The van der Waals surface area contributed by atoms with Gasteiger partial charge >= 0.3 is 0 Å². The second kappa shape index (κ2) is 8.87. The van der Waals surface area contributed by atoms with Crippen LogP contribution in [0.5, 0.6) is 11.5 Å². The van der Waals surface area contributed by atoms with E-state index in [9.17, 15) is 13.2 Å². The lowest BCUT2D eigenvalue weighted by atomic mass is 10.1. The summed E-state index contributed by atoms with van der Waals surface area (Å²) in [6.45, 7) is 0.254. The fourth-order valence-electron chi connectivity index (χ4n) is 3.18. The highest BCUT2D eigenvalue weighted by atomic mass is 32.2. The predicted octanol–water partition coefficient (Wildman–Crippen LogP) is 2.43. The molecule has 0 saturated heterocycles. The number of hydrogen-bond acceptors (Lipinski definition) is 9. The highest BCUT2D eigenvalue weighted by Crippen LogP contribution is 2.28. The van der Waals surface area contributed by atoms with E-state index in [1.54, 1.807) is 37.6 Å². The summed E-state index contributed by atoms with van der Waals surface area (Å²) < 4.78 is 41.7. The average Bonchev–Trinajstić information content (AvgIpc) is 3.34. The molecule has 0 bridgehead atoms. The van der Waals surface area contributed by atoms with Gasteiger partial charge in [0.15, 0.2) is 11.5 Å². The van der Waals surface area contributed by atoms with Crippen molar-refractivity contribution < 1.29 is 22.3 Å². The molecule has 4 rings (SSSR count). The Morgan fingerprint density at radius 1 is 1.00 bits per heavy atom. The minimum Gasteiger partial charge on any atom is -0.493 e. The summed E-state index contributed by atoms with van der Waals surface area (Å²) in [6.07, 6.45) is 5.41. The molecule has 0 unspecified atom stereocenters. The molecule has 33 heavy (non-hydrogen) atoms. The van der Waals surface area contributed by atoms with E-state index in [1.807, 2.05) is 6.07 Å². The molecule has 0 fully saturated rings. The molecule has 0 aliphatic carbocycles. The number of aromatic nitrogens is 4. The highest BCUT2D eigenvalue weighted by molar-refractivity contribution is 7.90. The van der Waals surface area contributed by atoms with Crippen LogP contribution in [0, 0.1) is 0 Å². The molecule has 11 heteroatoms. The van der Waals surface area contributed by atoms with Crippen molar-refractivity contribution in [2.75, 3.05) is 20.5 Å². The number of oxazole rings is 1. The lowest BCUT2D eigenvalue weighted by molar-refractivity contribution is 0.354. The molecular weight excluding hydrogens is 448 g/mol. The number of hydrogen-bond donors (Lipinski definition) is 0. The molecule has 0 radical (unpaired) electrons. The topological polar surface area (TPSA) is 126 Å². The summed E-state index contributed by atoms with van der Waals surface area (Å²) in [6, 6.07) is 9.89. The van der Waals surface area contributed by atoms with Crippen LogP contribution in [0.1, 0.15) is 5.56 Å². The largest absolute Gasteiger partial charge is 0.493 e. The Kier molecular flexibility index (Phi) is 5.97. The molecule has 3 aromatic heterocycles. The number of nitrogens with zero attached hydrogens (tertiary/aromatic N) is 4. The number of methoxy groups -OCH3 is 2. The van der Waals surface area contributed by atoms with Crippen LogP contribution in [0.2, 0.25) is 0 Å². The maximum absolute atomic E-state index is 12.5. The summed E-state index contributed by atoms with van der Waals surface area (Å²) in [5.41, 5.74) is 1.61. The maximum atomic E-state index is 12.5. The molecule has 0 amide bonds. The van der Waals surface area contributed by atoms with Gasteiger partial charge < -0.3 is 18.5 Å². The second-order valence-electron chi connectivity index (χ2n) is 7.10. The monoisotopic (exact) mass is 468 g/mol. The van der Waals surface area contributed by atoms with Gasteiger partial charge in [0.2, 0.25) is 20.9 Å². The smallest absolute Gasteiger partial charge is 0.250 e. The van der Waals surface area contributed by atoms with Gasteiger partial charge in [-0.2, -0.15) is 0 Å². The van der Waals surface area contributed by atoms with Gasteiger partial charge in [0.1, 0.15) is 12.0 Å². The highest BCUT2D eigenvalue weighted by Gasteiger charge is 2.18. The average molecular weight is 468 g/mol. The van der Waals surface area contributed by atoms with Crippen LogP contribution < -0.4 is 15.0 Å².